The molecule has 2 heterocycles. The van der Waals surface area contributed by atoms with E-state index in [1.807, 2.05) is 23.6 Å². The molecule has 0 fully saturated rings. The maximum absolute atomic E-state index is 12.3. The molecule has 0 N–H and O–H groups in total. The number of hydrogen-bond donors (Lipinski definition) is 0. The maximum atomic E-state index is 12.3. The molecule has 144 valence electrons. The van der Waals surface area contributed by atoms with Crippen molar-refractivity contribution in [2.24, 2.45) is 10.1 Å². The number of alkyl halides is 2. The van der Waals surface area contributed by atoms with Gasteiger partial charge in [0.15, 0.2) is 11.5 Å². The zero-order chi connectivity index (χ0) is 19.5. The van der Waals surface area contributed by atoms with Gasteiger partial charge < -0.3 is 14.2 Å². The van der Waals surface area contributed by atoms with Crippen LogP contribution >= 0.6 is 11.3 Å². The molecule has 0 bridgehead atoms. The van der Waals surface area contributed by atoms with E-state index in [4.69, 9.17) is 9.47 Å². The van der Waals surface area contributed by atoms with Gasteiger partial charge in [0.05, 0.1) is 11.9 Å². The third-order valence-corrected chi connectivity index (χ3v) is 4.88. The van der Waals surface area contributed by atoms with E-state index in [-0.39, 0.29) is 12.5 Å². The highest BCUT2D eigenvalue weighted by atomic mass is 32.1. The molecule has 28 heavy (non-hydrogen) atoms. The van der Waals surface area contributed by atoms with Crippen molar-refractivity contribution < 1.29 is 23.0 Å². The second-order valence-electron chi connectivity index (χ2n) is 5.70. The monoisotopic (exact) mass is 403 g/mol. The summed E-state index contributed by atoms with van der Waals surface area (Å²) in [7, 11) is 1.68. The normalized spacial score (nSPS) is 13.6. The molecule has 0 amide bonds. The van der Waals surface area contributed by atoms with Crippen molar-refractivity contribution in [3.05, 3.63) is 58.2 Å². The van der Waals surface area contributed by atoms with E-state index in [2.05, 4.69) is 14.8 Å². The van der Waals surface area contributed by atoms with Crippen LogP contribution in [0.5, 0.6) is 17.2 Å². The Kier molecular flexibility index (Phi) is 5.07. The SMILES string of the molecule is CN=c1scc(-c2ccc(OC(F)F)cc2)n1/N=C\c1ccc2c(c1)OCO2. The van der Waals surface area contributed by atoms with Crippen LogP contribution in [0.2, 0.25) is 0 Å². The van der Waals surface area contributed by atoms with Gasteiger partial charge in [-0.2, -0.15) is 13.9 Å². The van der Waals surface area contributed by atoms with Gasteiger partial charge in [-0.3, -0.25) is 4.99 Å². The Morgan fingerprint density at radius 3 is 2.68 bits per heavy atom. The molecule has 4 rings (SSSR count). The predicted octanol–water partition coefficient (Wildman–Crippen LogP) is 3.96. The minimum atomic E-state index is -2.85. The minimum Gasteiger partial charge on any atom is -0.454 e. The van der Waals surface area contributed by atoms with Gasteiger partial charge in [-0.15, -0.1) is 11.3 Å². The van der Waals surface area contributed by atoms with Crippen LogP contribution in [0, 0.1) is 0 Å². The second kappa shape index (κ2) is 7.81. The number of fused-ring (bicyclic) bond motifs is 1. The predicted molar refractivity (Wildman–Crippen MR) is 101 cm³/mol. The highest BCUT2D eigenvalue weighted by Crippen LogP contribution is 2.32. The number of aromatic nitrogens is 1. The van der Waals surface area contributed by atoms with Gasteiger partial charge in [0.25, 0.3) is 0 Å². The van der Waals surface area contributed by atoms with Crippen molar-refractivity contribution in [3.8, 4) is 28.5 Å². The molecule has 3 aromatic rings. The first kappa shape index (κ1) is 18.2. The summed E-state index contributed by atoms with van der Waals surface area (Å²) < 4.78 is 41.4. The number of halogens is 2. The first-order valence-electron chi connectivity index (χ1n) is 8.26. The molecule has 0 unspecified atom stereocenters. The Balaban J connectivity index is 1.65. The molecule has 0 aliphatic carbocycles. The number of ether oxygens (including phenoxy) is 3. The maximum Gasteiger partial charge on any atom is 0.387 e. The van der Waals surface area contributed by atoms with E-state index in [1.165, 1.54) is 23.5 Å². The lowest BCUT2D eigenvalue weighted by atomic mass is 10.2. The zero-order valence-electron chi connectivity index (χ0n) is 14.7. The number of rotatable bonds is 5. The summed E-state index contributed by atoms with van der Waals surface area (Å²) >= 11 is 1.43. The number of hydrogen-bond acceptors (Lipinski definition) is 6. The summed E-state index contributed by atoms with van der Waals surface area (Å²) in [6.45, 7) is -2.64. The third kappa shape index (κ3) is 3.74. The fourth-order valence-corrected chi connectivity index (χ4v) is 3.49. The molecule has 2 aromatic carbocycles. The summed E-state index contributed by atoms with van der Waals surface area (Å²) in [6, 6.07) is 11.9. The Morgan fingerprint density at radius 1 is 1.14 bits per heavy atom. The molecule has 1 aromatic heterocycles. The van der Waals surface area contributed by atoms with Gasteiger partial charge in [-0.25, -0.2) is 4.68 Å². The van der Waals surface area contributed by atoms with Gasteiger partial charge in [0, 0.05) is 18.0 Å². The minimum absolute atomic E-state index is 0.102. The summed E-state index contributed by atoms with van der Waals surface area (Å²) in [5.41, 5.74) is 2.43. The van der Waals surface area contributed by atoms with E-state index < -0.39 is 6.61 Å². The number of thiazole rings is 1. The van der Waals surface area contributed by atoms with Crippen molar-refractivity contribution in [1.82, 2.24) is 4.68 Å². The second-order valence-corrected chi connectivity index (χ2v) is 6.54. The van der Waals surface area contributed by atoms with Gasteiger partial charge in [-0.05, 0) is 48.0 Å². The highest BCUT2D eigenvalue weighted by Gasteiger charge is 2.13. The van der Waals surface area contributed by atoms with E-state index in [0.29, 0.717) is 16.3 Å². The van der Waals surface area contributed by atoms with Crippen molar-refractivity contribution >= 4 is 17.6 Å². The largest absolute Gasteiger partial charge is 0.454 e. The molecular formula is C19H15F2N3O3S. The first-order valence-corrected chi connectivity index (χ1v) is 9.14. The van der Waals surface area contributed by atoms with Crippen LogP contribution in [0.25, 0.3) is 11.3 Å². The molecule has 6 nitrogen and oxygen atoms in total. The summed E-state index contributed by atoms with van der Waals surface area (Å²) in [5, 5.41) is 6.45. The Labute approximate surface area is 163 Å². The first-order chi connectivity index (χ1) is 13.6. The van der Waals surface area contributed by atoms with E-state index >= 15 is 0 Å². The van der Waals surface area contributed by atoms with Gasteiger partial charge in [-0.1, -0.05) is 0 Å². The van der Waals surface area contributed by atoms with Crippen LogP contribution in [0.4, 0.5) is 8.78 Å². The quantitative estimate of drug-likeness (QED) is 0.606. The van der Waals surface area contributed by atoms with Crippen LogP contribution in [0.15, 0.2) is 57.9 Å². The van der Waals surface area contributed by atoms with Crippen molar-refractivity contribution in [2.45, 2.75) is 6.61 Å². The van der Waals surface area contributed by atoms with Crippen LogP contribution in [-0.4, -0.2) is 31.3 Å². The van der Waals surface area contributed by atoms with Crippen molar-refractivity contribution in [1.29, 1.82) is 0 Å². The van der Waals surface area contributed by atoms with E-state index in [0.717, 1.165) is 16.8 Å². The molecular weight excluding hydrogens is 388 g/mol. The number of benzene rings is 2. The van der Waals surface area contributed by atoms with Crippen LogP contribution < -0.4 is 19.0 Å². The molecule has 1 aliphatic heterocycles. The Morgan fingerprint density at radius 2 is 1.93 bits per heavy atom. The lowest BCUT2D eigenvalue weighted by Crippen LogP contribution is -2.11. The molecule has 0 saturated carbocycles. The summed E-state index contributed by atoms with van der Waals surface area (Å²) in [6.07, 6.45) is 1.70. The van der Waals surface area contributed by atoms with E-state index in [9.17, 15) is 8.78 Å². The lowest BCUT2D eigenvalue weighted by molar-refractivity contribution is -0.0498. The summed E-state index contributed by atoms with van der Waals surface area (Å²) in [4.78, 5) is 4.94. The highest BCUT2D eigenvalue weighted by molar-refractivity contribution is 7.07. The molecule has 0 atom stereocenters. The fourth-order valence-electron chi connectivity index (χ4n) is 2.69. The van der Waals surface area contributed by atoms with Crippen LogP contribution in [0.1, 0.15) is 5.56 Å². The smallest absolute Gasteiger partial charge is 0.387 e. The molecule has 0 spiro atoms. The average Bonchev–Trinajstić information content (AvgIpc) is 3.32. The van der Waals surface area contributed by atoms with Crippen LogP contribution in [-0.2, 0) is 0 Å². The molecule has 0 radical (unpaired) electrons. The summed E-state index contributed by atoms with van der Waals surface area (Å²) in [5.74, 6) is 1.48. The fraction of sp³-hybridized carbons (Fsp3) is 0.158. The van der Waals surface area contributed by atoms with E-state index in [1.54, 1.807) is 30.1 Å². The standard InChI is InChI=1S/C19H15F2N3O3S/c1-22-19-24(23-9-12-2-7-16-17(8-12)26-11-25-16)15(10-28-19)13-3-5-14(6-4-13)27-18(20)21/h2-10,18H,11H2,1H3/b22-19?,23-9-. The molecule has 9 heteroatoms. The van der Waals surface area contributed by atoms with Gasteiger partial charge >= 0.3 is 6.61 Å². The molecule has 0 saturated heterocycles. The van der Waals surface area contributed by atoms with Gasteiger partial charge in [0.2, 0.25) is 11.6 Å². The Bertz CT molecular complexity index is 1070. The van der Waals surface area contributed by atoms with Crippen LogP contribution in [0.3, 0.4) is 0 Å². The third-order valence-electron chi connectivity index (χ3n) is 3.97. The Hall–Kier alpha value is -3.20. The lowest BCUT2D eigenvalue weighted by Gasteiger charge is -2.06. The van der Waals surface area contributed by atoms with Crippen molar-refractivity contribution in [2.75, 3.05) is 13.8 Å². The van der Waals surface area contributed by atoms with Crippen molar-refractivity contribution in [3.63, 3.8) is 0 Å². The topological polar surface area (TPSA) is 57.3 Å². The average molecular weight is 403 g/mol. The number of nitrogens with zero attached hydrogens (tertiary/aromatic N) is 3. The zero-order valence-corrected chi connectivity index (χ0v) is 15.5. The van der Waals surface area contributed by atoms with Gasteiger partial charge in [0.1, 0.15) is 5.75 Å². The molecule has 1 aliphatic rings.